The van der Waals surface area contributed by atoms with E-state index in [1.807, 2.05) is 30.3 Å². The normalized spacial score (nSPS) is 14.6. The Morgan fingerprint density at radius 1 is 1.07 bits per heavy atom. The number of carbonyl (C=O) groups excluding carboxylic acids is 1. The van der Waals surface area contributed by atoms with Gasteiger partial charge in [0.2, 0.25) is 5.95 Å². The van der Waals surface area contributed by atoms with Crippen LogP contribution in [0.4, 0.5) is 5.95 Å². The molecule has 4 rings (SSSR count). The van der Waals surface area contributed by atoms with Crippen LogP contribution < -0.4 is 15.4 Å². The van der Waals surface area contributed by atoms with Crippen LogP contribution in [0.2, 0.25) is 0 Å². The van der Waals surface area contributed by atoms with Crippen molar-refractivity contribution >= 4 is 11.9 Å². The Labute approximate surface area is 163 Å². The number of anilines is 1. The van der Waals surface area contributed by atoms with Crippen molar-refractivity contribution in [2.75, 3.05) is 18.4 Å². The number of carbonyl (C=O) groups is 1. The molecule has 3 aromatic rings. The van der Waals surface area contributed by atoms with E-state index in [4.69, 9.17) is 4.74 Å². The number of hydrogen-bond donors (Lipinski definition) is 2. The van der Waals surface area contributed by atoms with Crippen molar-refractivity contribution in [2.45, 2.75) is 18.8 Å². The van der Waals surface area contributed by atoms with E-state index < -0.39 is 0 Å². The topological polar surface area (TPSA) is 81.1 Å². The first kappa shape index (κ1) is 18.2. The zero-order valence-corrected chi connectivity index (χ0v) is 15.8. The highest BCUT2D eigenvalue weighted by atomic mass is 16.5. The van der Waals surface area contributed by atoms with Crippen LogP contribution in [-0.2, 0) is 7.05 Å². The molecule has 0 saturated carbocycles. The third kappa shape index (κ3) is 4.20. The first-order valence-corrected chi connectivity index (χ1v) is 9.45. The van der Waals surface area contributed by atoms with Gasteiger partial charge in [-0.3, -0.25) is 10.1 Å². The summed E-state index contributed by atoms with van der Waals surface area (Å²) in [6.07, 6.45) is 2.03. The molecule has 7 heteroatoms. The summed E-state index contributed by atoms with van der Waals surface area (Å²) in [5.74, 6) is 2.80. The maximum atomic E-state index is 12.6. The fourth-order valence-corrected chi connectivity index (χ4v) is 3.24. The lowest BCUT2D eigenvalue weighted by Crippen LogP contribution is -2.27. The number of amides is 1. The van der Waals surface area contributed by atoms with E-state index in [9.17, 15) is 4.79 Å². The van der Waals surface area contributed by atoms with Gasteiger partial charge in [-0.05, 0) is 62.3 Å². The molecule has 2 N–H and O–H groups in total. The van der Waals surface area contributed by atoms with Gasteiger partial charge >= 0.3 is 0 Å². The minimum Gasteiger partial charge on any atom is -0.457 e. The summed E-state index contributed by atoms with van der Waals surface area (Å²) in [4.78, 5) is 17.1. The van der Waals surface area contributed by atoms with Gasteiger partial charge in [0.25, 0.3) is 5.91 Å². The number of hydrogen-bond acceptors (Lipinski definition) is 5. The molecular formula is C21H23N5O2. The Morgan fingerprint density at radius 3 is 2.46 bits per heavy atom. The summed E-state index contributed by atoms with van der Waals surface area (Å²) in [6, 6.07) is 16.5. The highest BCUT2D eigenvalue weighted by Crippen LogP contribution is 2.24. The van der Waals surface area contributed by atoms with E-state index in [-0.39, 0.29) is 5.91 Å². The fourth-order valence-electron chi connectivity index (χ4n) is 3.24. The number of piperidine rings is 1. The van der Waals surface area contributed by atoms with Crippen molar-refractivity contribution in [3.8, 4) is 11.5 Å². The first-order valence-electron chi connectivity index (χ1n) is 9.45. The summed E-state index contributed by atoms with van der Waals surface area (Å²) in [7, 11) is 1.80. The van der Waals surface area contributed by atoms with Crippen molar-refractivity contribution in [2.24, 2.45) is 7.05 Å². The summed E-state index contributed by atoms with van der Waals surface area (Å²) < 4.78 is 7.38. The lowest BCUT2D eigenvalue weighted by Gasteiger charge is -2.19. The highest BCUT2D eigenvalue weighted by Gasteiger charge is 2.21. The van der Waals surface area contributed by atoms with Gasteiger partial charge in [-0.25, -0.2) is 4.68 Å². The number of nitrogens with zero attached hydrogens (tertiary/aromatic N) is 3. The predicted molar refractivity (Wildman–Crippen MR) is 107 cm³/mol. The first-order chi connectivity index (χ1) is 13.7. The minimum absolute atomic E-state index is 0.223. The minimum atomic E-state index is -0.223. The number of nitrogens with one attached hydrogen (secondary N) is 2. The van der Waals surface area contributed by atoms with Gasteiger partial charge in [-0.15, -0.1) is 0 Å². The average molecular weight is 377 g/mol. The second kappa shape index (κ2) is 8.22. The lowest BCUT2D eigenvalue weighted by atomic mass is 9.98. The molecular weight excluding hydrogens is 354 g/mol. The van der Waals surface area contributed by atoms with Crippen molar-refractivity contribution in [3.05, 3.63) is 66.0 Å². The van der Waals surface area contributed by atoms with Gasteiger partial charge in [-0.2, -0.15) is 10.1 Å². The Balaban J connectivity index is 1.41. The maximum absolute atomic E-state index is 12.6. The fraction of sp³-hybridized carbons (Fsp3) is 0.286. The van der Waals surface area contributed by atoms with Gasteiger partial charge in [0.05, 0.1) is 0 Å². The van der Waals surface area contributed by atoms with E-state index >= 15 is 0 Å². The van der Waals surface area contributed by atoms with Crippen LogP contribution >= 0.6 is 0 Å². The van der Waals surface area contributed by atoms with Gasteiger partial charge in [0.1, 0.15) is 11.5 Å². The zero-order valence-electron chi connectivity index (χ0n) is 15.8. The van der Waals surface area contributed by atoms with E-state index in [2.05, 4.69) is 20.7 Å². The summed E-state index contributed by atoms with van der Waals surface area (Å²) in [5, 5.41) is 10.7. The predicted octanol–water partition coefficient (Wildman–Crippen LogP) is 3.33. The maximum Gasteiger partial charge on any atom is 0.258 e. The van der Waals surface area contributed by atoms with Crippen molar-refractivity contribution < 1.29 is 9.53 Å². The number of aromatic nitrogens is 3. The monoisotopic (exact) mass is 377 g/mol. The molecule has 1 aromatic heterocycles. The molecule has 0 radical (unpaired) electrons. The number of aryl methyl sites for hydroxylation is 1. The van der Waals surface area contributed by atoms with Crippen LogP contribution in [0.1, 0.15) is 34.9 Å². The molecule has 2 aromatic carbocycles. The number of rotatable bonds is 5. The lowest BCUT2D eigenvalue weighted by molar-refractivity contribution is 0.102. The Morgan fingerprint density at radius 2 is 1.75 bits per heavy atom. The molecule has 1 amide bonds. The van der Waals surface area contributed by atoms with E-state index in [1.54, 1.807) is 36.0 Å². The smallest absolute Gasteiger partial charge is 0.258 e. The summed E-state index contributed by atoms with van der Waals surface area (Å²) in [5.41, 5.74) is 0.534. The van der Waals surface area contributed by atoms with Crippen molar-refractivity contribution in [1.29, 1.82) is 0 Å². The zero-order chi connectivity index (χ0) is 19.3. The van der Waals surface area contributed by atoms with Crippen LogP contribution in [-0.4, -0.2) is 33.8 Å². The Kier molecular flexibility index (Phi) is 5.34. The molecule has 0 spiro atoms. The van der Waals surface area contributed by atoms with Crippen LogP contribution in [0.3, 0.4) is 0 Å². The molecule has 1 fully saturated rings. The molecule has 0 bridgehead atoms. The Hall–Kier alpha value is -3.19. The van der Waals surface area contributed by atoms with Gasteiger partial charge in [0, 0.05) is 18.5 Å². The number of para-hydroxylation sites is 1. The number of benzene rings is 2. The van der Waals surface area contributed by atoms with Crippen LogP contribution in [0.5, 0.6) is 11.5 Å². The third-order valence-corrected chi connectivity index (χ3v) is 4.80. The molecule has 1 saturated heterocycles. The van der Waals surface area contributed by atoms with Crippen LogP contribution in [0, 0.1) is 0 Å². The molecule has 2 heterocycles. The van der Waals surface area contributed by atoms with Gasteiger partial charge < -0.3 is 10.1 Å². The summed E-state index contributed by atoms with van der Waals surface area (Å²) >= 11 is 0. The second-order valence-corrected chi connectivity index (χ2v) is 6.84. The molecule has 0 aliphatic carbocycles. The summed E-state index contributed by atoms with van der Waals surface area (Å²) in [6.45, 7) is 1.95. The van der Waals surface area contributed by atoms with E-state index in [1.165, 1.54) is 0 Å². The molecule has 0 unspecified atom stereocenters. The number of ether oxygens (including phenoxy) is 1. The van der Waals surface area contributed by atoms with Crippen LogP contribution in [0.15, 0.2) is 54.6 Å². The molecule has 1 aliphatic heterocycles. The standard InChI is InChI=1S/C21H23N5O2/c1-26-21(23-19(25-26)15-11-13-22-14-12-15)24-20(27)16-7-9-18(10-8-16)28-17-5-3-2-4-6-17/h2-10,15,22H,11-14H2,1H3,(H,23,24,25,27). The van der Waals surface area contributed by atoms with Crippen molar-refractivity contribution in [1.82, 2.24) is 20.1 Å². The SMILES string of the molecule is Cn1nc(C2CCNCC2)nc1NC(=O)c1ccc(Oc2ccccc2)cc1. The molecule has 1 aliphatic rings. The Bertz CT molecular complexity index is 931. The molecule has 0 atom stereocenters. The molecule has 28 heavy (non-hydrogen) atoms. The van der Waals surface area contributed by atoms with E-state index in [0.29, 0.717) is 23.2 Å². The highest BCUT2D eigenvalue weighted by molar-refractivity contribution is 6.03. The van der Waals surface area contributed by atoms with E-state index in [0.717, 1.165) is 37.5 Å². The largest absolute Gasteiger partial charge is 0.457 e. The van der Waals surface area contributed by atoms with Gasteiger partial charge in [-0.1, -0.05) is 18.2 Å². The average Bonchev–Trinajstić information content (AvgIpc) is 3.10. The van der Waals surface area contributed by atoms with Crippen molar-refractivity contribution in [3.63, 3.8) is 0 Å². The quantitative estimate of drug-likeness (QED) is 0.713. The molecule has 7 nitrogen and oxygen atoms in total. The van der Waals surface area contributed by atoms with Gasteiger partial charge in [0.15, 0.2) is 5.82 Å². The second-order valence-electron chi connectivity index (χ2n) is 6.84. The molecule has 144 valence electrons. The third-order valence-electron chi connectivity index (χ3n) is 4.80. The van der Waals surface area contributed by atoms with Crippen LogP contribution in [0.25, 0.3) is 0 Å².